The van der Waals surface area contributed by atoms with E-state index in [-0.39, 0.29) is 5.88 Å². The molecule has 0 aliphatic heterocycles. The van der Waals surface area contributed by atoms with E-state index in [2.05, 4.69) is 12.6 Å². The fourth-order valence-electron chi connectivity index (χ4n) is 1.25. The van der Waals surface area contributed by atoms with Crippen LogP contribution in [0.4, 0.5) is 0 Å². The van der Waals surface area contributed by atoms with Gasteiger partial charge in [-0.15, -0.1) is 24.2 Å². The number of carbonyl (C=O) groups is 1. The standard InChI is InChI=1S/C11H10ClNO2S/c1-2-15-11(14)7-3-8(5-12)9(6-13)10(16)4-7/h3-4,16H,2,5H2,1H3. The van der Waals surface area contributed by atoms with Gasteiger partial charge in [0.2, 0.25) is 0 Å². The highest BCUT2D eigenvalue weighted by molar-refractivity contribution is 7.80. The highest BCUT2D eigenvalue weighted by Gasteiger charge is 2.13. The van der Waals surface area contributed by atoms with Crippen molar-refractivity contribution in [2.45, 2.75) is 17.7 Å². The number of hydrogen-bond donors (Lipinski definition) is 1. The molecule has 16 heavy (non-hydrogen) atoms. The summed E-state index contributed by atoms with van der Waals surface area (Å²) < 4.78 is 4.86. The first-order valence-electron chi connectivity index (χ1n) is 4.63. The Morgan fingerprint density at radius 1 is 1.62 bits per heavy atom. The zero-order chi connectivity index (χ0) is 12.1. The second kappa shape index (κ2) is 5.78. The molecule has 0 aromatic heterocycles. The zero-order valence-corrected chi connectivity index (χ0v) is 10.3. The predicted octanol–water partition coefficient (Wildman–Crippen LogP) is 2.76. The Labute approximate surface area is 104 Å². The van der Waals surface area contributed by atoms with E-state index in [9.17, 15) is 4.79 Å². The van der Waals surface area contributed by atoms with Crippen molar-refractivity contribution in [1.82, 2.24) is 0 Å². The number of ether oxygens (including phenoxy) is 1. The van der Waals surface area contributed by atoms with Gasteiger partial charge in [-0.05, 0) is 24.6 Å². The Kier molecular flexibility index (Phi) is 4.66. The van der Waals surface area contributed by atoms with Crippen LogP contribution in [-0.2, 0) is 10.6 Å². The van der Waals surface area contributed by atoms with E-state index >= 15 is 0 Å². The van der Waals surface area contributed by atoms with Crippen LogP contribution in [0.5, 0.6) is 0 Å². The normalized spacial score (nSPS) is 9.62. The molecule has 84 valence electrons. The molecule has 1 rings (SSSR count). The molecule has 0 amide bonds. The third-order valence-electron chi connectivity index (χ3n) is 1.97. The number of benzene rings is 1. The maximum Gasteiger partial charge on any atom is 0.338 e. The van der Waals surface area contributed by atoms with Crippen LogP contribution >= 0.6 is 24.2 Å². The Morgan fingerprint density at radius 2 is 2.31 bits per heavy atom. The number of alkyl halides is 1. The first kappa shape index (κ1) is 12.9. The molecule has 5 heteroatoms. The van der Waals surface area contributed by atoms with Crippen molar-refractivity contribution in [3.8, 4) is 6.07 Å². The lowest BCUT2D eigenvalue weighted by atomic mass is 10.1. The Balaban J connectivity index is 3.21. The van der Waals surface area contributed by atoms with Crippen molar-refractivity contribution in [1.29, 1.82) is 5.26 Å². The van der Waals surface area contributed by atoms with E-state index in [0.717, 1.165) is 0 Å². The molecule has 0 N–H and O–H groups in total. The van der Waals surface area contributed by atoms with Gasteiger partial charge in [0.1, 0.15) is 6.07 Å². The molecule has 0 bridgehead atoms. The van der Waals surface area contributed by atoms with Gasteiger partial charge in [-0.25, -0.2) is 4.79 Å². The number of esters is 1. The van der Waals surface area contributed by atoms with Gasteiger partial charge in [-0.2, -0.15) is 5.26 Å². The maximum atomic E-state index is 11.5. The summed E-state index contributed by atoms with van der Waals surface area (Å²) in [6, 6.07) is 5.07. The van der Waals surface area contributed by atoms with Gasteiger partial charge in [-0.1, -0.05) is 0 Å². The van der Waals surface area contributed by atoms with E-state index in [0.29, 0.717) is 28.2 Å². The van der Waals surface area contributed by atoms with Crippen LogP contribution in [0.1, 0.15) is 28.4 Å². The van der Waals surface area contributed by atoms with E-state index in [1.165, 1.54) is 6.07 Å². The third-order valence-corrected chi connectivity index (χ3v) is 2.61. The topological polar surface area (TPSA) is 50.1 Å². The van der Waals surface area contributed by atoms with Crippen molar-refractivity contribution in [3.05, 3.63) is 28.8 Å². The van der Waals surface area contributed by atoms with Crippen LogP contribution in [-0.4, -0.2) is 12.6 Å². The van der Waals surface area contributed by atoms with E-state index in [1.54, 1.807) is 13.0 Å². The number of hydrogen-bond acceptors (Lipinski definition) is 4. The lowest BCUT2D eigenvalue weighted by Gasteiger charge is -2.07. The monoisotopic (exact) mass is 255 g/mol. The van der Waals surface area contributed by atoms with Crippen LogP contribution in [0.15, 0.2) is 17.0 Å². The molecule has 0 heterocycles. The van der Waals surface area contributed by atoms with Gasteiger partial charge < -0.3 is 4.74 Å². The fourth-order valence-corrected chi connectivity index (χ4v) is 1.80. The first-order valence-corrected chi connectivity index (χ1v) is 5.61. The minimum atomic E-state index is -0.436. The quantitative estimate of drug-likeness (QED) is 0.513. The van der Waals surface area contributed by atoms with Crippen molar-refractivity contribution in [2.24, 2.45) is 0 Å². The van der Waals surface area contributed by atoms with Gasteiger partial charge >= 0.3 is 5.97 Å². The molecule has 0 saturated carbocycles. The zero-order valence-electron chi connectivity index (χ0n) is 8.66. The molecular formula is C11H10ClNO2S. The summed E-state index contributed by atoms with van der Waals surface area (Å²) in [6.07, 6.45) is 0. The highest BCUT2D eigenvalue weighted by atomic mass is 35.5. The molecule has 1 aromatic carbocycles. The second-order valence-corrected chi connectivity index (χ2v) is 3.74. The number of thiol groups is 1. The van der Waals surface area contributed by atoms with Crippen molar-refractivity contribution in [2.75, 3.05) is 6.61 Å². The summed E-state index contributed by atoms with van der Waals surface area (Å²) in [7, 11) is 0. The third kappa shape index (κ3) is 2.69. The average Bonchev–Trinajstić information content (AvgIpc) is 2.28. The van der Waals surface area contributed by atoms with Gasteiger partial charge in [0.15, 0.2) is 0 Å². The Bertz CT molecular complexity index is 454. The molecule has 0 spiro atoms. The van der Waals surface area contributed by atoms with Gasteiger partial charge in [0, 0.05) is 10.8 Å². The smallest absolute Gasteiger partial charge is 0.338 e. The summed E-state index contributed by atoms with van der Waals surface area (Å²) in [4.78, 5) is 11.9. The molecular weight excluding hydrogens is 246 g/mol. The minimum absolute atomic E-state index is 0.156. The molecule has 0 aliphatic carbocycles. The number of nitriles is 1. The van der Waals surface area contributed by atoms with Crippen LogP contribution < -0.4 is 0 Å². The van der Waals surface area contributed by atoms with Crippen LogP contribution in [0.25, 0.3) is 0 Å². The number of halogens is 1. The SMILES string of the molecule is CCOC(=O)c1cc(S)c(C#N)c(CCl)c1. The Hall–Kier alpha value is -1.18. The first-order chi connectivity index (χ1) is 7.63. The number of carbonyl (C=O) groups excluding carboxylic acids is 1. The summed E-state index contributed by atoms with van der Waals surface area (Å²) in [6.45, 7) is 2.03. The molecule has 3 nitrogen and oxygen atoms in total. The van der Waals surface area contributed by atoms with Crippen LogP contribution in [0.2, 0.25) is 0 Å². The van der Waals surface area contributed by atoms with E-state index in [4.69, 9.17) is 21.6 Å². The summed E-state index contributed by atoms with van der Waals surface area (Å²) in [5, 5.41) is 8.89. The molecule has 1 aromatic rings. The summed E-state index contributed by atoms with van der Waals surface area (Å²) >= 11 is 9.84. The summed E-state index contributed by atoms with van der Waals surface area (Å²) in [5.41, 5.74) is 1.34. The lowest BCUT2D eigenvalue weighted by molar-refractivity contribution is 0.0526. The van der Waals surface area contributed by atoms with Crippen molar-refractivity contribution in [3.63, 3.8) is 0 Å². The van der Waals surface area contributed by atoms with Crippen molar-refractivity contribution < 1.29 is 9.53 Å². The minimum Gasteiger partial charge on any atom is -0.462 e. The largest absolute Gasteiger partial charge is 0.462 e. The molecule has 0 aliphatic rings. The van der Waals surface area contributed by atoms with Gasteiger partial charge in [0.05, 0.1) is 17.7 Å². The average molecular weight is 256 g/mol. The van der Waals surface area contributed by atoms with E-state index < -0.39 is 5.97 Å². The fraction of sp³-hybridized carbons (Fsp3) is 0.273. The summed E-state index contributed by atoms with van der Waals surface area (Å²) in [5.74, 6) is -0.280. The molecule has 0 fully saturated rings. The van der Waals surface area contributed by atoms with Crippen LogP contribution in [0, 0.1) is 11.3 Å². The predicted molar refractivity (Wildman–Crippen MR) is 63.9 cm³/mol. The number of nitrogens with zero attached hydrogens (tertiary/aromatic N) is 1. The Morgan fingerprint density at radius 3 is 2.81 bits per heavy atom. The second-order valence-electron chi connectivity index (χ2n) is 3.00. The molecule has 0 radical (unpaired) electrons. The molecule has 0 atom stereocenters. The maximum absolute atomic E-state index is 11.5. The molecule has 0 saturated heterocycles. The number of rotatable bonds is 3. The van der Waals surface area contributed by atoms with Gasteiger partial charge in [0.25, 0.3) is 0 Å². The van der Waals surface area contributed by atoms with Crippen LogP contribution in [0.3, 0.4) is 0 Å². The molecule has 0 unspecified atom stereocenters. The highest BCUT2D eigenvalue weighted by Crippen LogP contribution is 2.22. The van der Waals surface area contributed by atoms with E-state index in [1.807, 2.05) is 6.07 Å². The lowest BCUT2D eigenvalue weighted by Crippen LogP contribution is -2.06. The van der Waals surface area contributed by atoms with Crippen molar-refractivity contribution >= 4 is 30.2 Å². The van der Waals surface area contributed by atoms with Gasteiger partial charge in [-0.3, -0.25) is 0 Å².